The average Bonchev–Trinajstić information content (AvgIpc) is 2.80. The molecule has 4 atom stereocenters. The largest absolute Gasteiger partial charge is 0.490 e. The van der Waals surface area contributed by atoms with E-state index < -0.39 is 58.0 Å². The molecule has 2 heterocycles. The van der Waals surface area contributed by atoms with Crippen molar-refractivity contribution in [2.45, 2.75) is 24.5 Å². The Morgan fingerprint density at radius 3 is 2.04 bits per heavy atom. The Kier molecular flexibility index (Phi) is 8.25. The first-order chi connectivity index (χ1) is 12.7. The molecular weight excluding hydrogens is 434 g/mol. The van der Waals surface area contributed by atoms with Gasteiger partial charge in [-0.2, -0.15) is 4.31 Å². The van der Waals surface area contributed by atoms with E-state index in [1.807, 2.05) is 4.98 Å². The van der Waals surface area contributed by atoms with Crippen LogP contribution in [-0.2, 0) is 18.2 Å². The zero-order valence-electron chi connectivity index (χ0n) is 13.9. The van der Waals surface area contributed by atoms with Crippen molar-refractivity contribution in [3.63, 3.8) is 0 Å². The first kappa shape index (κ1) is 24.6. The number of methoxy groups -OCH3 is 1. The molecule has 8 N–H and O–H groups in total. The van der Waals surface area contributed by atoms with Gasteiger partial charge in [-0.05, 0) is 0 Å². The first-order valence-electron chi connectivity index (χ1n) is 7.04. The lowest BCUT2D eigenvalue weighted by molar-refractivity contribution is -0.0552. The summed E-state index contributed by atoms with van der Waals surface area (Å²) in [4.78, 5) is 56.0. The van der Waals surface area contributed by atoms with Gasteiger partial charge in [-0.1, -0.05) is 0 Å². The van der Waals surface area contributed by atoms with Crippen LogP contribution in [0.2, 0.25) is 0 Å². The van der Waals surface area contributed by atoms with Gasteiger partial charge in [0, 0.05) is 0 Å². The van der Waals surface area contributed by atoms with Crippen LogP contribution >= 0.6 is 15.6 Å². The van der Waals surface area contributed by atoms with Gasteiger partial charge in [0.1, 0.15) is 18.3 Å². The quantitative estimate of drug-likeness (QED) is 0.200. The zero-order valence-corrected chi connectivity index (χ0v) is 15.7. The second-order valence-electron chi connectivity index (χ2n) is 5.16. The minimum atomic E-state index is -5.05. The normalized spacial score (nSPS) is 25.1. The standard InChI is InChI=1S/C10H14N2O7.H4O7P2/c1-18-4-2-12(10(17)11-8(4)16)9-7(15)6(14)5(3-13)19-9;1-8(2,3)7-9(4,5)6/h2,5-7,9,13-15H,3H2,1H3,(H,11,16,17);(H2,1,2,3)(H2,4,5,6)/t5-,6-,7-,9-;/m1./s1. The molecule has 0 saturated carbocycles. The highest BCUT2D eigenvalue weighted by Gasteiger charge is 2.43. The Labute approximate surface area is 155 Å². The Morgan fingerprint density at radius 2 is 1.68 bits per heavy atom. The molecule has 28 heavy (non-hydrogen) atoms. The first-order valence-corrected chi connectivity index (χ1v) is 10.1. The molecule has 0 aromatic carbocycles. The number of aliphatic hydroxyl groups is 3. The monoisotopic (exact) mass is 452 g/mol. The number of ether oxygens (including phenoxy) is 2. The molecule has 1 aromatic heterocycles. The lowest BCUT2D eigenvalue weighted by atomic mass is 10.1. The minimum absolute atomic E-state index is 0.141. The zero-order chi connectivity index (χ0) is 21.9. The highest BCUT2D eigenvalue weighted by molar-refractivity contribution is 7.60. The van der Waals surface area contributed by atoms with Crippen LogP contribution < -0.4 is 16.0 Å². The van der Waals surface area contributed by atoms with Crippen molar-refractivity contribution in [2.75, 3.05) is 13.7 Å². The molecule has 1 fully saturated rings. The molecule has 2 rings (SSSR count). The maximum Gasteiger partial charge on any atom is 0.478 e. The van der Waals surface area contributed by atoms with Gasteiger partial charge in [-0.25, -0.2) is 13.9 Å². The number of H-pyrrole nitrogens is 1. The van der Waals surface area contributed by atoms with Gasteiger partial charge in [-0.3, -0.25) is 14.3 Å². The van der Waals surface area contributed by atoms with Gasteiger partial charge in [0.2, 0.25) is 5.75 Å². The van der Waals surface area contributed by atoms with Crippen LogP contribution in [0.25, 0.3) is 0 Å². The highest BCUT2D eigenvalue weighted by Crippen LogP contribution is 2.53. The molecule has 162 valence electrons. The number of aliphatic hydroxyl groups excluding tert-OH is 3. The Hall–Kier alpha value is -1.42. The van der Waals surface area contributed by atoms with Gasteiger partial charge in [0.15, 0.2) is 6.23 Å². The number of rotatable bonds is 5. The fraction of sp³-hybridized carbons (Fsp3) is 0.600. The molecule has 0 spiro atoms. The number of nitrogens with one attached hydrogen (secondary N) is 1. The van der Waals surface area contributed by atoms with Crippen LogP contribution in [0.5, 0.6) is 5.75 Å². The van der Waals surface area contributed by atoms with Gasteiger partial charge in [-0.15, -0.1) is 0 Å². The summed E-state index contributed by atoms with van der Waals surface area (Å²) < 4.78 is 33.0. The Morgan fingerprint density at radius 1 is 1.14 bits per heavy atom. The van der Waals surface area contributed by atoms with Gasteiger partial charge in [0.25, 0.3) is 5.56 Å². The summed E-state index contributed by atoms with van der Waals surface area (Å²) in [5.41, 5.74) is -1.53. The molecule has 0 aliphatic carbocycles. The molecule has 1 saturated heterocycles. The molecule has 16 nitrogen and oxygen atoms in total. The summed E-state index contributed by atoms with van der Waals surface area (Å²) in [6, 6.07) is 0. The SMILES string of the molecule is COc1cn([C@@H]2O[C@H](CO)[C@@H](O)[C@H]2O)c(=O)[nH]c1=O.O=P(O)(O)OP(=O)(O)O. The highest BCUT2D eigenvalue weighted by atomic mass is 31.3. The number of aromatic amines is 1. The Balaban J connectivity index is 0.000000370. The maximum atomic E-state index is 11.7. The summed E-state index contributed by atoms with van der Waals surface area (Å²) in [5, 5.41) is 28.4. The second kappa shape index (κ2) is 9.39. The fourth-order valence-corrected chi connectivity index (χ4v) is 3.16. The van der Waals surface area contributed by atoms with Crippen molar-refractivity contribution in [3.8, 4) is 5.75 Å². The Bertz CT molecular complexity index is 850. The van der Waals surface area contributed by atoms with E-state index in [1.54, 1.807) is 0 Å². The number of phosphoric acid groups is 2. The molecular formula is C10H18N2O14P2. The predicted molar refractivity (Wildman–Crippen MR) is 86.1 cm³/mol. The van der Waals surface area contributed by atoms with Crippen molar-refractivity contribution in [3.05, 3.63) is 27.0 Å². The van der Waals surface area contributed by atoms with Crippen LogP contribution in [0.4, 0.5) is 0 Å². The van der Waals surface area contributed by atoms with E-state index in [1.165, 1.54) is 7.11 Å². The van der Waals surface area contributed by atoms with Crippen molar-refractivity contribution in [2.24, 2.45) is 0 Å². The van der Waals surface area contributed by atoms with Crippen LogP contribution in [0.3, 0.4) is 0 Å². The van der Waals surface area contributed by atoms with Crippen LogP contribution in [0.15, 0.2) is 15.8 Å². The van der Waals surface area contributed by atoms with Crippen molar-refractivity contribution in [1.82, 2.24) is 9.55 Å². The smallest absolute Gasteiger partial charge is 0.478 e. The molecule has 1 aromatic rings. The summed E-state index contributed by atoms with van der Waals surface area (Å²) in [6.07, 6.45) is -3.90. The van der Waals surface area contributed by atoms with Gasteiger partial charge >= 0.3 is 21.3 Å². The summed E-state index contributed by atoms with van der Waals surface area (Å²) >= 11 is 0. The lowest BCUT2D eigenvalue weighted by Gasteiger charge is -2.17. The molecule has 0 amide bonds. The summed E-state index contributed by atoms with van der Waals surface area (Å²) in [6.45, 7) is -0.510. The fourth-order valence-electron chi connectivity index (χ4n) is 2.05. The van der Waals surface area contributed by atoms with Crippen molar-refractivity contribution >= 4 is 15.6 Å². The van der Waals surface area contributed by atoms with E-state index in [4.69, 9.17) is 34.2 Å². The number of nitrogens with zero attached hydrogens (tertiary/aromatic N) is 1. The van der Waals surface area contributed by atoms with Crippen LogP contribution in [0.1, 0.15) is 6.23 Å². The number of hydrogen-bond donors (Lipinski definition) is 8. The lowest BCUT2D eigenvalue weighted by Crippen LogP contribution is -2.38. The van der Waals surface area contributed by atoms with E-state index in [-0.39, 0.29) is 5.75 Å². The molecule has 18 heteroatoms. The van der Waals surface area contributed by atoms with Crippen LogP contribution in [-0.4, -0.2) is 76.5 Å². The van der Waals surface area contributed by atoms with Gasteiger partial charge < -0.3 is 44.4 Å². The van der Waals surface area contributed by atoms with E-state index >= 15 is 0 Å². The van der Waals surface area contributed by atoms with E-state index in [2.05, 4.69) is 4.31 Å². The van der Waals surface area contributed by atoms with E-state index in [0.717, 1.165) is 10.8 Å². The summed E-state index contributed by atoms with van der Waals surface area (Å²) in [5.74, 6) is -0.141. The third kappa shape index (κ3) is 6.88. The molecule has 0 bridgehead atoms. The molecule has 0 unspecified atom stereocenters. The number of aromatic nitrogens is 2. The van der Waals surface area contributed by atoms with E-state index in [0.29, 0.717) is 0 Å². The van der Waals surface area contributed by atoms with Crippen molar-refractivity contribution < 1.29 is 57.8 Å². The number of hydrogen-bond acceptors (Lipinski definition) is 10. The molecule has 1 aliphatic heterocycles. The van der Waals surface area contributed by atoms with Crippen LogP contribution in [0, 0.1) is 0 Å². The third-order valence-electron chi connectivity index (χ3n) is 3.16. The predicted octanol–water partition coefficient (Wildman–Crippen LogP) is -3.65. The minimum Gasteiger partial charge on any atom is -0.490 e. The van der Waals surface area contributed by atoms with Crippen molar-refractivity contribution in [1.29, 1.82) is 0 Å². The topological polar surface area (TPSA) is 258 Å². The molecule has 1 aliphatic rings. The third-order valence-corrected chi connectivity index (χ3v) is 4.86. The average molecular weight is 452 g/mol. The van der Waals surface area contributed by atoms with Gasteiger partial charge in [0.05, 0.1) is 19.9 Å². The maximum absolute atomic E-state index is 11.7. The van der Waals surface area contributed by atoms with E-state index in [9.17, 15) is 28.9 Å². The molecule has 0 radical (unpaired) electrons. The second-order valence-corrected chi connectivity index (χ2v) is 7.77. The summed E-state index contributed by atoms with van der Waals surface area (Å²) in [7, 11) is -8.85.